The van der Waals surface area contributed by atoms with Gasteiger partial charge in [-0.2, -0.15) is 0 Å². The van der Waals surface area contributed by atoms with Crippen LogP contribution in [0.15, 0.2) is 65.8 Å². The first-order valence-electron chi connectivity index (χ1n) is 10.3. The predicted molar refractivity (Wildman–Crippen MR) is 121 cm³/mol. The summed E-state index contributed by atoms with van der Waals surface area (Å²) in [5.74, 6) is 0.505. The normalized spacial score (nSPS) is 14.8. The summed E-state index contributed by atoms with van der Waals surface area (Å²) in [6.45, 7) is 0.195. The molecule has 1 atom stereocenters. The Morgan fingerprint density at radius 3 is 2.94 bits per heavy atom. The van der Waals surface area contributed by atoms with E-state index in [2.05, 4.69) is 20.5 Å². The zero-order valence-electron chi connectivity index (χ0n) is 17.7. The molecule has 1 N–H and O–H groups in total. The van der Waals surface area contributed by atoms with Gasteiger partial charge in [-0.05, 0) is 36.4 Å². The highest BCUT2D eigenvalue weighted by Crippen LogP contribution is 2.36. The number of fused-ring (bicyclic) bond motifs is 2. The fourth-order valence-electron chi connectivity index (χ4n) is 3.68. The van der Waals surface area contributed by atoms with Crippen molar-refractivity contribution >= 4 is 29.1 Å². The Hall–Kier alpha value is -4.11. The fourth-order valence-corrected chi connectivity index (χ4v) is 3.68. The zero-order chi connectivity index (χ0) is 22.8. The predicted octanol–water partition coefficient (Wildman–Crippen LogP) is 4.49. The number of hydrogen-bond donors (Lipinski definition) is 1. The van der Waals surface area contributed by atoms with Gasteiger partial charge in [0, 0.05) is 36.1 Å². The monoisotopic (exact) mass is 445 g/mol. The summed E-state index contributed by atoms with van der Waals surface area (Å²) in [7, 11) is 1.62. The Morgan fingerprint density at radius 1 is 1.18 bits per heavy atom. The molecule has 3 heterocycles. The van der Waals surface area contributed by atoms with Gasteiger partial charge in [-0.3, -0.25) is 14.2 Å². The minimum atomic E-state index is -0.422. The van der Waals surface area contributed by atoms with Crippen molar-refractivity contribution < 1.29 is 18.7 Å². The van der Waals surface area contributed by atoms with Crippen LogP contribution in [0.4, 0.5) is 15.8 Å². The third-order valence-corrected chi connectivity index (χ3v) is 5.37. The maximum Gasteiger partial charge on any atom is 0.257 e. The van der Waals surface area contributed by atoms with Crippen LogP contribution in [0.1, 0.15) is 34.3 Å². The molecule has 2 aromatic carbocycles. The lowest BCUT2D eigenvalue weighted by Crippen LogP contribution is -2.13. The van der Waals surface area contributed by atoms with Crippen molar-refractivity contribution in [2.75, 3.05) is 12.4 Å². The molecule has 1 aliphatic heterocycles. The second-order valence-electron chi connectivity index (χ2n) is 7.50. The summed E-state index contributed by atoms with van der Waals surface area (Å²) in [4.78, 5) is 17.1. The minimum Gasteiger partial charge on any atom is -0.497 e. The number of benzene rings is 2. The average Bonchev–Trinajstić information content (AvgIpc) is 3.24. The number of rotatable bonds is 6. The van der Waals surface area contributed by atoms with Crippen LogP contribution in [0.2, 0.25) is 0 Å². The lowest BCUT2D eigenvalue weighted by Gasteiger charge is -2.21. The lowest BCUT2D eigenvalue weighted by molar-refractivity contribution is 0.0402. The molecule has 0 saturated carbocycles. The number of carbonyl (C=O) groups is 1. The molecule has 0 bridgehead atoms. The summed E-state index contributed by atoms with van der Waals surface area (Å²) in [5.41, 5.74) is 3.14. The van der Waals surface area contributed by atoms with Crippen LogP contribution in [0.25, 0.3) is 5.65 Å². The van der Waals surface area contributed by atoms with Crippen molar-refractivity contribution in [1.82, 2.24) is 14.6 Å². The second-order valence-corrected chi connectivity index (χ2v) is 7.50. The minimum absolute atomic E-state index is 0.185. The summed E-state index contributed by atoms with van der Waals surface area (Å²) in [6.07, 6.45) is 3.92. The average molecular weight is 445 g/mol. The van der Waals surface area contributed by atoms with Gasteiger partial charge in [0.1, 0.15) is 18.2 Å². The van der Waals surface area contributed by atoms with Crippen molar-refractivity contribution in [3.63, 3.8) is 0 Å². The second kappa shape index (κ2) is 8.79. The Kier molecular flexibility index (Phi) is 5.54. The molecule has 0 spiro atoms. The van der Waals surface area contributed by atoms with Gasteiger partial charge in [-0.25, -0.2) is 4.39 Å². The molecule has 0 fully saturated rings. The van der Waals surface area contributed by atoms with Crippen LogP contribution in [0, 0.1) is 5.82 Å². The van der Waals surface area contributed by atoms with E-state index < -0.39 is 5.82 Å². The number of pyridine rings is 1. The van der Waals surface area contributed by atoms with E-state index in [1.54, 1.807) is 35.9 Å². The lowest BCUT2D eigenvalue weighted by atomic mass is 10.0. The molecule has 1 aliphatic rings. The van der Waals surface area contributed by atoms with E-state index in [9.17, 15) is 9.18 Å². The SMILES string of the molecule is COc1ccc2c(c1)N=CCC2OCc1nnc2ccc(C(=O)Nc3cccc(F)c3)cn12. The molecule has 33 heavy (non-hydrogen) atoms. The zero-order valence-corrected chi connectivity index (χ0v) is 17.7. The first kappa shape index (κ1) is 20.8. The molecule has 9 heteroatoms. The van der Waals surface area contributed by atoms with Gasteiger partial charge in [-0.15, -0.1) is 10.2 Å². The molecule has 5 rings (SSSR count). The maximum atomic E-state index is 13.4. The van der Waals surface area contributed by atoms with Crippen molar-refractivity contribution in [3.8, 4) is 5.75 Å². The maximum absolute atomic E-state index is 13.4. The molecule has 0 radical (unpaired) electrons. The number of nitrogens with one attached hydrogen (secondary N) is 1. The highest BCUT2D eigenvalue weighted by atomic mass is 19.1. The van der Waals surface area contributed by atoms with Gasteiger partial charge in [0.25, 0.3) is 5.91 Å². The van der Waals surface area contributed by atoms with Crippen LogP contribution in [0.5, 0.6) is 5.75 Å². The molecule has 2 aromatic heterocycles. The van der Waals surface area contributed by atoms with Gasteiger partial charge < -0.3 is 14.8 Å². The number of halogens is 1. The van der Waals surface area contributed by atoms with E-state index in [1.807, 2.05) is 24.4 Å². The first-order valence-corrected chi connectivity index (χ1v) is 10.3. The Bertz CT molecular complexity index is 1370. The van der Waals surface area contributed by atoms with E-state index >= 15 is 0 Å². The van der Waals surface area contributed by atoms with E-state index in [1.165, 1.54) is 18.2 Å². The molecule has 1 unspecified atom stereocenters. The summed E-state index contributed by atoms with van der Waals surface area (Å²) in [5, 5.41) is 11.1. The van der Waals surface area contributed by atoms with Crippen LogP contribution in [0.3, 0.4) is 0 Å². The van der Waals surface area contributed by atoms with Crippen LogP contribution >= 0.6 is 0 Å². The van der Waals surface area contributed by atoms with Crippen LogP contribution in [-0.2, 0) is 11.3 Å². The smallest absolute Gasteiger partial charge is 0.257 e. The Balaban J connectivity index is 1.33. The fraction of sp³-hybridized carbons (Fsp3) is 0.167. The third-order valence-electron chi connectivity index (χ3n) is 5.37. The summed E-state index contributed by atoms with van der Waals surface area (Å²) >= 11 is 0. The van der Waals surface area contributed by atoms with Crippen molar-refractivity contribution in [2.45, 2.75) is 19.1 Å². The van der Waals surface area contributed by atoms with Crippen molar-refractivity contribution in [1.29, 1.82) is 0 Å². The topological polar surface area (TPSA) is 90.1 Å². The number of hydrogen-bond acceptors (Lipinski definition) is 6. The number of anilines is 1. The molecule has 0 saturated heterocycles. The Morgan fingerprint density at radius 2 is 2.09 bits per heavy atom. The molecular formula is C24H20FN5O3. The van der Waals surface area contributed by atoms with Crippen LogP contribution in [-0.4, -0.2) is 33.8 Å². The van der Waals surface area contributed by atoms with Crippen molar-refractivity contribution in [2.24, 2.45) is 4.99 Å². The molecule has 0 aliphatic carbocycles. The number of amides is 1. The van der Waals surface area contributed by atoms with Gasteiger partial charge in [0.2, 0.25) is 0 Å². The number of methoxy groups -OCH3 is 1. The number of nitrogens with zero attached hydrogens (tertiary/aromatic N) is 4. The van der Waals surface area contributed by atoms with Gasteiger partial charge in [0.05, 0.1) is 24.5 Å². The Labute approximate surface area is 188 Å². The number of ether oxygens (including phenoxy) is 2. The number of aromatic nitrogens is 3. The van der Waals surface area contributed by atoms with Gasteiger partial charge >= 0.3 is 0 Å². The highest BCUT2D eigenvalue weighted by molar-refractivity contribution is 6.04. The van der Waals surface area contributed by atoms with E-state index in [-0.39, 0.29) is 18.6 Å². The standard InChI is InChI=1S/C24H20FN5O3/c1-32-18-6-7-19-20(12-18)26-10-9-21(19)33-14-23-29-28-22-8-5-15(13-30(22)23)24(31)27-17-4-2-3-16(25)11-17/h2-8,10-13,21H,9,14H2,1H3,(H,27,31). The molecule has 4 aromatic rings. The summed E-state index contributed by atoms with van der Waals surface area (Å²) in [6, 6.07) is 14.8. The van der Waals surface area contributed by atoms with Crippen molar-refractivity contribution in [3.05, 3.63) is 83.6 Å². The molecule has 166 valence electrons. The molecule has 8 nitrogen and oxygen atoms in total. The van der Waals surface area contributed by atoms with E-state index in [4.69, 9.17) is 9.47 Å². The van der Waals surface area contributed by atoms with E-state index in [0.29, 0.717) is 29.1 Å². The summed E-state index contributed by atoms with van der Waals surface area (Å²) < 4.78 is 26.5. The highest BCUT2D eigenvalue weighted by Gasteiger charge is 2.20. The molecular weight excluding hydrogens is 425 g/mol. The first-order chi connectivity index (χ1) is 16.1. The largest absolute Gasteiger partial charge is 0.497 e. The number of aliphatic imine (C=N–C) groups is 1. The van der Waals surface area contributed by atoms with Crippen LogP contribution < -0.4 is 10.1 Å². The molecule has 1 amide bonds. The van der Waals surface area contributed by atoms with Gasteiger partial charge in [-0.1, -0.05) is 12.1 Å². The number of carbonyl (C=O) groups excluding carboxylic acids is 1. The van der Waals surface area contributed by atoms with Gasteiger partial charge in [0.15, 0.2) is 11.5 Å². The van der Waals surface area contributed by atoms with E-state index in [0.717, 1.165) is 17.0 Å². The third kappa shape index (κ3) is 4.31. The quantitative estimate of drug-likeness (QED) is 0.472.